The minimum atomic E-state index is 0.0610. The van der Waals surface area contributed by atoms with Gasteiger partial charge in [-0.15, -0.1) is 0 Å². The van der Waals surface area contributed by atoms with Gasteiger partial charge in [0.1, 0.15) is 0 Å². The fourth-order valence-corrected chi connectivity index (χ4v) is 10.1. The number of rotatable bonds is 6. The molecule has 0 spiro atoms. The summed E-state index contributed by atoms with van der Waals surface area (Å²) >= 11 is 0. The van der Waals surface area contributed by atoms with Crippen molar-refractivity contribution in [1.82, 2.24) is 0 Å². The van der Waals surface area contributed by atoms with Gasteiger partial charge in [0.25, 0.3) is 0 Å². The SMILES string of the molecule is CCC(C)c1ccccc1-c1c(C)c2ccccc2c2ccccc12.Cc1ccc(-c2ccccc2)cc1.Cc1ccc2c(c1)C(C)(C)c1cc(Cc3cccc4ccccc34)ccc1-2. The van der Waals surface area contributed by atoms with Crippen molar-refractivity contribution in [2.75, 3.05) is 0 Å². The standard InChI is InChI=1S/C27H24.C25H24.C13H12/c1-18-11-13-23-24-14-12-19(17-26(24)27(2,3)25(23)15-18)16-21-9-6-8-20-7-4-5-10-22(20)21;1-4-17(2)19-11-5-9-15-23(19)25-18(3)20-12-6-7-13-21(20)22-14-8-10-16-24(22)25;1-11-7-9-13(10-8-11)12-5-3-2-4-6-12/h4-15,17H,16H2,1-3H3;5-17H,4H2,1-3H3;2-10H,1H3. The second kappa shape index (κ2) is 18.6. The van der Waals surface area contributed by atoms with Crippen LogP contribution in [-0.4, -0.2) is 0 Å². The Morgan fingerprint density at radius 2 is 0.969 bits per heavy atom. The van der Waals surface area contributed by atoms with E-state index in [1.165, 1.54) is 110 Å². The van der Waals surface area contributed by atoms with E-state index in [1.807, 2.05) is 6.07 Å². The maximum Gasteiger partial charge on any atom is 0.0159 e. The molecule has 0 amide bonds. The molecule has 1 aliphatic carbocycles. The molecule has 320 valence electrons. The van der Waals surface area contributed by atoms with E-state index < -0.39 is 0 Å². The van der Waals surface area contributed by atoms with Crippen molar-refractivity contribution in [1.29, 1.82) is 0 Å². The minimum absolute atomic E-state index is 0.0610. The molecule has 0 aromatic heterocycles. The number of benzene rings is 10. The zero-order chi connectivity index (χ0) is 45.1. The largest absolute Gasteiger partial charge is 0.0648 e. The lowest BCUT2D eigenvalue weighted by atomic mass is 9.81. The Balaban J connectivity index is 0.000000130. The lowest BCUT2D eigenvalue weighted by Gasteiger charge is -2.22. The van der Waals surface area contributed by atoms with E-state index in [2.05, 4.69) is 249 Å². The van der Waals surface area contributed by atoms with E-state index >= 15 is 0 Å². The Hall–Kier alpha value is -7.02. The maximum absolute atomic E-state index is 2.44. The first-order valence-electron chi connectivity index (χ1n) is 23.5. The van der Waals surface area contributed by atoms with E-state index in [9.17, 15) is 0 Å². The summed E-state index contributed by atoms with van der Waals surface area (Å²) in [5.41, 5.74) is 19.4. The molecular weight excluding hydrogens is 781 g/mol. The molecule has 0 heteroatoms. The molecule has 65 heavy (non-hydrogen) atoms. The van der Waals surface area contributed by atoms with Crippen LogP contribution in [0.2, 0.25) is 0 Å². The van der Waals surface area contributed by atoms with Crippen LogP contribution in [0.15, 0.2) is 206 Å². The highest BCUT2D eigenvalue weighted by Crippen LogP contribution is 2.49. The molecule has 0 N–H and O–H groups in total. The third kappa shape index (κ3) is 8.67. The smallest absolute Gasteiger partial charge is 0.0159 e. The predicted octanol–water partition coefficient (Wildman–Crippen LogP) is 18.2. The molecule has 1 atom stereocenters. The van der Waals surface area contributed by atoms with Crippen LogP contribution in [0.3, 0.4) is 0 Å². The van der Waals surface area contributed by atoms with E-state index in [1.54, 1.807) is 0 Å². The molecular formula is C65H60. The van der Waals surface area contributed by atoms with Crippen LogP contribution in [-0.2, 0) is 11.8 Å². The molecule has 0 radical (unpaired) electrons. The van der Waals surface area contributed by atoms with Gasteiger partial charge in [0.05, 0.1) is 0 Å². The third-order valence-electron chi connectivity index (χ3n) is 13.9. The minimum Gasteiger partial charge on any atom is -0.0648 e. The van der Waals surface area contributed by atoms with Crippen molar-refractivity contribution in [3.63, 3.8) is 0 Å². The molecule has 0 saturated carbocycles. The Kier molecular flexibility index (Phi) is 12.4. The molecule has 0 bridgehead atoms. The summed E-state index contributed by atoms with van der Waals surface area (Å²) in [6.45, 7) is 15.9. The lowest BCUT2D eigenvalue weighted by molar-refractivity contribution is 0.659. The van der Waals surface area contributed by atoms with E-state index in [4.69, 9.17) is 0 Å². The van der Waals surface area contributed by atoms with Gasteiger partial charge in [-0.05, 0) is 139 Å². The second-order valence-corrected chi connectivity index (χ2v) is 18.6. The fraction of sp³-hybridized carbons (Fsp3) is 0.169. The highest BCUT2D eigenvalue weighted by atomic mass is 14.4. The number of aryl methyl sites for hydroxylation is 3. The van der Waals surface area contributed by atoms with Gasteiger partial charge in [-0.1, -0.05) is 245 Å². The first kappa shape index (κ1) is 43.2. The molecule has 0 fully saturated rings. The van der Waals surface area contributed by atoms with Gasteiger partial charge in [-0.25, -0.2) is 0 Å². The second-order valence-electron chi connectivity index (χ2n) is 18.6. The topological polar surface area (TPSA) is 0 Å². The Morgan fingerprint density at radius 3 is 1.69 bits per heavy atom. The number of hydrogen-bond donors (Lipinski definition) is 0. The van der Waals surface area contributed by atoms with Crippen molar-refractivity contribution >= 4 is 32.3 Å². The molecule has 1 aliphatic rings. The third-order valence-corrected chi connectivity index (χ3v) is 13.9. The van der Waals surface area contributed by atoms with Gasteiger partial charge < -0.3 is 0 Å². The van der Waals surface area contributed by atoms with Gasteiger partial charge in [0, 0.05) is 5.41 Å². The molecule has 0 heterocycles. The Labute approximate surface area is 387 Å². The Morgan fingerprint density at radius 1 is 0.431 bits per heavy atom. The van der Waals surface area contributed by atoms with Crippen LogP contribution >= 0.6 is 0 Å². The summed E-state index contributed by atoms with van der Waals surface area (Å²) in [6, 6.07) is 74.9. The summed E-state index contributed by atoms with van der Waals surface area (Å²) in [7, 11) is 0. The average molecular weight is 841 g/mol. The summed E-state index contributed by atoms with van der Waals surface area (Å²) in [5, 5.41) is 8.08. The van der Waals surface area contributed by atoms with Crippen LogP contribution in [0.5, 0.6) is 0 Å². The zero-order valence-electron chi connectivity index (χ0n) is 39.1. The van der Waals surface area contributed by atoms with Gasteiger partial charge >= 0.3 is 0 Å². The van der Waals surface area contributed by atoms with E-state index in [0.29, 0.717) is 5.92 Å². The normalized spacial score (nSPS) is 12.7. The Bertz CT molecular complexity index is 3270. The zero-order valence-corrected chi connectivity index (χ0v) is 39.1. The van der Waals surface area contributed by atoms with Crippen LogP contribution in [0.25, 0.3) is 65.7 Å². The molecule has 11 rings (SSSR count). The highest BCUT2D eigenvalue weighted by molar-refractivity contribution is 6.16. The summed E-state index contributed by atoms with van der Waals surface area (Å²) in [4.78, 5) is 0. The average Bonchev–Trinajstić information content (AvgIpc) is 3.56. The molecule has 0 nitrogen and oxygen atoms in total. The molecule has 10 aromatic rings. The number of fused-ring (bicyclic) bond motifs is 7. The van der Waals surface area contributed by atoms with Crippen LogP contribution in [0.1, 0.15) is 84.5 Å². The molecule has 1 unspecified atom stereocenters. The summed E-state index contributed by atoms with van der Waals surface area (Å²) in [6.07, 6.45) is 2.13. The summed E-state index contributed by atoms with van der Waals surface area (Å²) < 4.78 is 0. The van der Waals surface area contributed by atoms with E-state index in [-0.39, 0.29) is 5.41 Å². The van der Waals surface area contributed by atoms with Crippen LogP contribution < -0.4 is 0 Å². The van der Waals surface area contributed by atoms with Crippen LogP contribution in [0, 0.1) is 20.8 Å². The lowest BCUT2D eigenvalue weighted by Crippen LogP contribution is -2.15. The first-order valence-corrected chi connectivity index (χ1v) is 23.5. The predicted molar refractivity (Wildman–Crippen MR) is 282 cm³/mol. The molecule has 10 aromatic carbocycles. The van der Waals surface area contributed by atoms with Crippen molar-refractivity contribution in [2.45, 2.75) is 72.6 Å². The summed E-state index contributed by atoms with van der Waals surface area (Å²) in [5.74, 6) is 0.556. The molecule has 0 aliphatic heterocycles. The van der Waals surface area contributed by atoms with Gasteiger partial charge in [-0.2, -0.15) is 0 Å². The van der Waals surface area contributed by atoms with Gasteiger partial charge in [0.15, 0.2) is 0 Å². The number of hydrogen-bond acceptors (Lipinski definition) is 0. The van der Waals surface area contributed by atoms with Crippen molar-refractivity contribution in [3.8, 4) is 33.4 Å². The quantitative estimate of drug-likeness (QED) is 0.146. The maximum atomic E-state index is 2.44. The first-order chi connectivity index (χ1) is 31.6. The monoisotopic (exact) mass is 840 g/mol. The highest BCUT2D eigenvalue weighted by Gasteiger charge is 2.35. The van der Waals surface area contributed by atoms with Gasteiger partial charge in [0.2, 0.25) is 0 Å². The van der Waals surface area contributed by atoms with Crippen molar-refractivity contribution in [3.05, 3.63) is 251 Å². The van der Waals surface area contributed by atoms with E-state index in [0.717, 1.165) is 12.8 Å². The van der Waals surface area contributed by atoms with Crippen molar-refractivity contribution in [2.24, 2.45) is 0 Å². The van der Waals surface area contributed by atoms with Crippen LogP contribution in [0.4, 0.5) is 0 Å². The molecule has 0 saturated heterocycles. The van der Waals surface area contributed by atoms with Gasteiger partial charge in [-0.3, -0.25) is 0 Å². The van der Waals surface area contributed by atoms with Crippen molar-refractivity contribution < 1.29 is 0 Å². The fourth-order valence-electron chi connectivity index (χ4n) is 10.1.